The lowest BCUT2D eigenvalue weighted by Gasteiger charge is -2.09. The molecular weight excluding hydrogens is 354 g/mol. The average molecular weight is 375 g/mol. The van der Waals surface area contributed by atoms with Crippen LogP contribution >= 0.6 is 0 Å². The number of nitrogens with zero attached hydrogens (tertiary/aromatic N) is 3. The van der Waals surface area contributed by atoms with E-state index in [0.29, 0.717) is 23.0 Å². The van der Waals surface area contributed by atoms with Gasteiger partial charge in [-0.15, -0.1) is 5.10 Å². The molecular formula is C21H21N5O2. The number of aryl methyl sites for hydroxylation is 1. The largest absolute Gasteiger partial charge is 0.326 e. The fourth-order valence-electron chi connectivity index (χ4n) is 3.08. The van der Waals surface area contributed by atoms with Crippen LogP contribution < -0.4 is 10.6 Å². The van der Waals surface area contributed by atoms with Gasteiger partial charge in [-0.2, -0.15) is 0 Å². The van der Waals surface area contributed by atoms with E-state index in [1.165, 1.54) is 6.92 Å². The van der Waals surface area contributed by atoms with Crippen LogP contribution in [-0.4, -0.2) is 26.8 Å². The molecule has 1 saturated carbocycles. The number of carbonyl (C=O) groups excluding carboxylic acids is 2. The van der Waals surface area contributed by atoms with Gasteiger partial charge < -0.3 is 10.6 Å². The van der Waals surface area contributed by atoms with Crippen molar-refractivity contribution in [2.75, 3.05) is 10.6 Å². The van der Waals surface area contributed by atoms with E-state index in [1.807, 2.05) is 31.2 Å². The van der Waals surface area contributed by atoms with E-state index in [9.17, 15) is 9.59 Å². The van der Waals surface area contributed by atoms with Crippen molar-refractivity contribution >= 4 is 23.2 Å². The Bertz CT molecular complexity index is 1020. The molecule has 2 N–H and O–H groups in total. The molecule has 1 aliphatic rings. The molecule has 1 aliphatic carbocycles. The molecule has 1 heterocycles. The summed E-state index contributed by atoms with van der Waals surface area (Å²) in [5, 5.41) is 14.0. The van der Waals surface area contributed by atoms with Crippen LogP contribution in [0.25, 0.3) is 5.69 Å². The van der Waals surface area contributed by atoms with Crippen molar-refractivity contribution in [1.29, 1.82) is 0 Å². The summed E-state index contributed by atoms with van der Waals surface area (Å²) in [5.41, 5.74) is 4.58. The fraction of sp³-hybridized carbons (Fsp3) is 0.238. The smallest absolute Gasteiger partial charge is 0.278 e. The highest BCUT2D eigenvalue weighted by molar-refractivity contribution is 6.04. The molecule has 0 radical (unpaired) electrons. The first-order chi connectivity index (χ1) is 13.5. The summed E-state index contributed by atoms with van der Waals surface area (Å²) in [6.07, 6.45) is 2.07. The van der Waals surface area contributed by atoms with E-state index in [-0.39, 0.29) is 11.8 Å². The number of hydrogen-bond donors (Lipinski definition) is 2. The summed E-state index contributed by atoms with van der Waals surface area (Å²) < 4.78 is 1.77. The lowest BCUT2D eigenvalue weighted by Crippen LogP contribution is -2.15. The zero-order chi connectivity index (χ0) is 19.7. The van der Waals surface area contributed by atoms with E-state index in [0.717, 1.165) is 29.8 Å². The Morgan fingerprint density at radius 3 is 2.14 bits per heavy atom. The SMILES string of the molecule is CC(=O)Nc1ccc(NC(=O)c2nnn(-c3ccc(C)cc3)c2C2CC2)cc1. The third kappa shape index (κ3) is 3.78. The Morgan fingerprint density at radius 1 is 0.964 bits per heavy atom. The van der Waals surface area contributed by atoms with Gasteiger partial charge in [-0.1, -0.05) is 22.9 Å². The zero-order valence-electron chi connectivity index (χ0n) is 15.8. The lowest BCUT2D eigenvalue weighted by atomic mass is 10.2. The third-order valence-corrected chi connectivity index (χ3v) is 4.63. The Balaban J connectivity index is 1.58. The van der Waals surface area contributed by atoms with Gasteiger partial charge in [0.2, 0.25) is 5.91 Å². The highest BCUT2D eigenvalue weighted by Gasteiger charge is 2.34. The standard InChI is InChI=1S/C21H21N5O2/c1-13-3-11-18(12-4-13)26-20(15-5-6-15)19(24-25-26)21(28)23-17-9-7-16(8-10-17)22-14(2)27/h3-4,7-12,15H,5-6H2,1-2H3,(H,22,27)(H,23,28). The van der Waals surface area contributed by atoms with Crippen molar-refractivity contribution in [2.45, 2.75) is 32.6 Å². The van der Waals surface area contributed by atoms with Crippen LogP contribution in [0.5, 0.6) is 0 Å². The molecule has 142 valence electrons. The Morgan fingerprint density at radius 2 is 1.57 bits per heavy atom. The number of anilines is 2. The maximum Gasteiger partial charge on any atom is 0.278 e. The van der Waals surface area contributed by atoms with Crippen LogP contribution in [0.3, 0.4) is 0 Å². The van der Waals surface area contributed by atoms with Crippen molar-refractivity contribution in [1.82, 2.24) is 15.0 Å². The van der Waals surface area contributed by atoms with Crippen molar-refractivity contribution in [3.05, 3.63) is 65.5 Å². The quantitative estimate of drug-likeness (QED) is 0.712. The molecule has 4 rings (SSSR count). The third-order valence-electron chi connectivity index (χ3n) is 4.63. The predicted molar refractivity (Wildman–Crippen MR) is 107 cm³/mol. The van der Waals surface area contributed by atoms with Gasteiger partial charge in [-0.25, -0.2) is 4.68 Å². The van der Waals surface area contributed by atoms with Crippen LogP contribution in [0.4, 0.5) is 11.4 Å². The highest BCUT2D eigenvalue weighted by atomic mass is 16.2. The normalized spacial score (nSPS) is 13.2. The van der Waals surface area contributed by atoms with E-state index in [4.69, 9.17) is 0 Å². The maximum absolute atomic E-state index is 12.8. The second kappa shape index (κ2) is 7.26. The van der Waals surface area contributed by atoms with E-state index < -0.39 is 0 Å². The molecule has 2 amide bonds. The van der Waals surface area contributed by atoms with E-state index in [1.54, 1.807) is 28.9 Å². The van der Waals surface area contributed by atoms with Crippen LogP contribution in [0.15, 0.2) is 48.5 Å². The number of carbonyl (C=O) groups is 2. The highest BCUT2D eigenvalue weighted by Crippen LogP contribution is 2.42. The van der Waals surface area contributed by atoms with Gasteiger partial charge in [0, 0.05) is 24.2 Å². The molecule has 0 unspecified atom stereocenters. The zero-order valence-corrected chi connectivity index (χ0v) is 15.8. The summed E-state index contributed by atoms with van der Waals surface area (Å²) in [7, 11) is 0. The molecule has 7 nitrogen and oxygen atoms in total. The minimum Gasteiger partial charge on any atom is -0.326 e. The summed E-state index contributed by atoms with van der Waals surface area (Å²) >= 11 is 0. The van der Waals surface area contributed by atoms with Gasteiger partial charge in [0.05, 0.1) is 11.4 Å². The van der Waals surface area contributed by atoms with Crippen molar-refractivity contribution in [3.63, 3.8) is 0 Å². The first kappa shape index (κ1) is 17.9. The Labute approximate surface area is 162 Å². The number of rotatable bonds is 5. The van der Waals surface area contributed by atoms with Gasteiger partial charge in [-0.3, -0.25) is 9.59 Å². The van der Waals surface area contributed by atoms with Crippen LogP contribution in [0.1, 0.15) is 47.4 Å². The molecule has 2 aromatic carbocycles. The van der Waals surface area contributed by atoms with Gasteiger partial charge in [-0.05, 0) is 56.2 Å². The monoisotopic (exact) mass is 375 g/mol. The van der Waals surface area contributed by atoms with Crippen LogP contribution in [0.2, 0.25) is 0 Å². The van der Waals surface area contributed by atoms with E-state index in [2.05, 4.69) is 20.9 Å². The first-order valence-corrected chi connectivity index (χ1v) is 9.23. The van der Waals surface area contributed by atoms with Gasteiger partial charge in [0.15, 0.2) is 5.69 Å². The summed E-state index contributed by atoms with van der Waals surface area (Å²) in [6.45, 7) is 3.48. The number of aromatic nitrogens is 3. The molecule has 3 aromatic rings. The second-order valence-corrected chi connectivity index (χ2v) is 7.06. The Hall–Kier alpha value is -3.48. The van der Waals surface area contributed by atoms with Gasteiger partial charge in [0.25, 0.3) is 5.91 Å². The van der Waals surface area contributed by atoms with Crippen LogP contribution in [0, 0.1) is 6.92 Å². The van der Waals surface area contributed by atoms with Crippen LogP contribution in [-0.2, 0) is 4.79 Å². The van der Waals surface area contributed by atoms with Crippen molar-refractivity contribution < 1.29 is 9.59 Å². The summed E-state index contributed by atoms with van der Waals surface area (Å²) in [5.74, 6) is -0.120. The Kier molecular flexibility index (Phi) is 4.65. The van der Waals surface area contributed by atoms with Gasteiger partial charge in [0.1, 0.15) is 0 Å². The topological polar surface area (TPSA) is 88.9 Å². The van der Waals surface area contributed by atoms with E-state index >= 15 is 0 Å². The maximum atomic E-state index is 12.8. The number of benzene rings is 2. The predicted octanol–water partition coefficient (Wildman–Crippen LogP) is 3.66. The van der Waals surface area contributed by atoms with Crippen molar-refractivity contribution in [2.24, 2.45) is 0 Å². The molecule has 7 heteroatoms. The lowest BCUT2D eigenvalue weighted by molar-refractivity contribution is -0.114. The molecule has 0 bridgehead atoms. The molecule has 0 saturated heterocycles. The fourth-order valence-corrected chi connectivity index (χ4v) is 3.08. The minimum atomic E-state index is -0.285. The summed E-state index contributed by atoms with van der Waals surface area (Å²) in [4.78, 5) is 23.9. The van der Waals surface area contributed by atoms with Gasteiger partial charge >= 0.3 is 0 Å². The number of nitrogens with one attached hydrogen (secondary N) is 2. The molecule has 1 aromatic heterocycles. The number of amides is 2. The summed E-state index contributed by atoms with van der Waals surface area (Å²) in [6, 6.07) is 15.0. The first-order valence-electron chi connectivity index (χ1n) is 9.23. The van der Waals surface area contributed by atoms with Crippen molar-refractivity contribution in [3.8, 4) is 5.69 Å². The number of hydrogen-bond acceptors (Lipinski definition) is 4. The second-order valence-electron chi connectivity index (χ2n) is 7.06. The average Bonchev–Trinajstić information content (AvgIpc) is 3.41. The molecule has 28 heavy (non-hydrogen) atoms. The molecule has 1 fully saturated rings. The minimum absolute atomic E-state index is 0.140. The molecule has 0 aliphatic heterocycles. The molecule has 0 spiro atoms. The molecule has 0 atom stereocenters.